The Morgan fingerprint density at radius 3 is 2.55 bits per heavy atom. The standard InChI is InChI=1S/C14H15Cl2N3O/c1-9-6-13(17-19(9)3)14(20)18(2)8-10-4-5-11(15)12(16)7-10/h4-7H,8H2,1-3H3. The summed E-state index contributed by atoms with van der Waals surface area (Å²) in [6.07, 6.45) is 0. The molecular weight excluding hydrogens is 297 g/mol. The topological polar surface area (TPSA) is 38.1 Å². The van der Waals surface area contributed by atoms with Crippen molar-refractivity contribution in [2.75, 3.05) is 7.05 Å². The van der Waals surface area contributed by atoms with Gasteiger partial charge >= 0.3 is 0 Å². The molecule has 1 aromatic carbocycles. The third-order valence-corrected chi connectivity index (χ3v) is 3.82. The molecule has 2 rings (SSSR count). The van der Waals surface area contributed by atoms with Gasteiger partial charge in [0.2, 0.25) is 0 Å². The van der Waals surface area contributed by atoms with Crippen LogP contribution in [-0.4, -0.2) is 27.6 Å². The van der Waals surface area contributed by atoms with Crippen molar-refractivity contribution >= 4 is 29.1 Å². The van der Waals surface area contributed by atoms with Crippen LogP contribution in [0, 0.1) is 6.92 Å². The second-order valence-corrected chi connectivity index (χ2v) is 5.52. The van der Waals surface area contributed by atoms with E-state index in [4.69, 9.17) is 23.2 Å². The van der Waals surface area contributed by atoms with Gasteiger partial charge in [-0.3, -0.25) is 9.48 Å². The molecule has 0 aliphatic rings. The van der Waals surface area contributed by atoms with Crippen LogP contribution in [-0.2, 0) is 13.6 Å². The molecule has 1 heterocycles. The van der Waals surface area contributed by atoms with Gasteiger partial charge < -0.3 is 4.90 Å². The number of amides is 1. The highest BCUT2D eigenvalue weighted by Crippen LogP contribution is 2.23. The minimum Gasteiger partial charge on any atom is -0.336 e. The van der Waals surface area contributed by atoms with Crippen molar-refractivity contribution in [3.63, 3.8) is 0 Å². The van der Waals surface area contributed by atoms with Crippen molar-refractivity contribution in [2.24, 2.45) is 7.05 Å². The molecule has 0 saturated heterocycles. The Bertz CT molecular complexity index is 632. The van der Waals surface area contributed by atoms with Gasteiger partial charge in [0, 0.05) is 26.3 Å². The smallest absolute Gasteiger partial charge is 0.274 e. The number of halogens is 2. The monoisotopic (exact) mass is 311 g/mol. The zero-order chi connectivity index (χ0) is 14.9. The average molecular weight is 312 g/mol. The molecule has 106 valence electrons. The molecule has 1 aromatic heterocycles. The molecule has 0 spiro atoms. The highest BCUT2D eigenvalue weighted by Gasteiger charge is 2.16. The molecule has 0 saturated carbocycles. The van der Waals surface area contributed by atoms with Crippen LogP contribution in [0.2, 0.25) is 10.0 Å². The Kier molecular flexibility index (Phi) is 4.35. The van der Waals surface area contributed by atoms with Gasteiger partial charge in [-0.1, -0.05) is 29.3 Å². The summed E-state index contributed by atoms with van der Waals surface area (Å²) in [4.78, 5) is 13.9. The van der Waals surface area contributed by atoms with Gasteiger partial charge in [0.15, 0.2) is 5.69 Å². The van der Waals surface area contributed by atoms with E-state index in [0.717, 1.165) is 11.3 Å². The summed E-state index contributed by atoms with van der Waals surface area (Å²) in [5.41, 5.74) is 2.30. The summed E-state index contributed by atoms with van der Waals surface area (Å²) in [6.45, 7) is 2.36. The number of nitrogens with zero attached hydrogens (tertiary/aromatic N) is 3. The van der Waals surface area contributed by atoms with Crippen molar-refractivity contribution < 1.29 is 4.79 Å². The largest absolute Gasteiger partial charge is 0.336 e. The summed E-state index contributed by atoms with van der Waals surface area (Å²) in [5.74, 6) is -0.125. The fourth-order valence-corrected chi connectivity index (χ4v) is 2.17. The van der Waals surface area contributed by atoms with E-state index < -0.39 is 0 Å². The molecule has 0 aliphatic heterocycles. The predicted molar refractivity (Wildman–Crippen MR) is 80.2 cm³/mol. The minimum absolute atomic E-state index is 0.125. The molecule has 0 unspecified atom stereocenters. The first-order valence-electron chi connectivity index (χ1n) is 6.08. The summed E-state index contributed by atoms with van der Waals surface area (Å²) >= 11 is 11.8. The van der Waals surface area contributed by atoms with E-state index in [2.05, 4.69) is 5.10 Å². The lowest BCUT2D eigenvalue weighted by Gasteiger charge is -2.16. The highest BCUT2D eigenvalue weighted by atomic mass is 35.5. The molecule has 20 heavy (non-hydrogen) atoms. The second-order valence-electron chi connectivity index (χ2n) is 4.70. The number of aryl methyl sites for hydroxylation is 2. The lowest BCUT2D eigenvalue weighted by Crippen LogP contribution is -2.26. The van der Waals surface area contributed by atoms with Crippen LogP contribution in [0.25, 0.3) is 0 Å². The van der Waals surface area contributed by atoms with E-state index in [1.165, 1.54) is 0 Å². The van der Waals surface area contributed by atoms with E-state index in [0.29, 0.717) is 22.3 Å². The summed E-state index contributed by atoms with van der Waals surface area (Å²) < 4.78 is 1.68. The summed E-state index contributed by atoms with van der Waals surface area (Å²) in [7, 11) is 3.54. The Hall–Kier alpha value is -1.52. The Morgan fingerprint density at radius 1 is 1.30 bits per heavy atom. The van der Waals surface area contributed by atoms with Gasteiger partial charge in [0.25, 0.3) is 5.91 Å². The number of hydrogen-bond acceptors (Lipinski definition) is 2. The van der Waals surface area contributed by atoms with Crippen molar-refractivity contribution in [1.82, 2.24) is 14.7 Å². The van der Waals surface area contributed by atoms with Crippen LogP contribution in [0.5, 0.6) is 0 Å². The van der Waals surface area contributed by atoms with E-state index in [9.17, 15) is 4.79 Å². The number of benzene rings is 1. The maximum absolute atomic E-state index is 12.3. The number of carbonyl (C=O) groups is 1. The lowest BCUT2D eigenvalue weighted by atomic mass is 10.2. The zero-order valence-corrected chi connectivity index (χ0v) is 13.0. The normalized spacial score (nSPS) is 10.7. The molecule has 4 nitrogen and oxygen atoms in total. The Morgan fingerprint density at radius 2 is 2.00 bits per heavy atom. The van der Waals surface area contributed by atoms with E-state index in [-0.39, 0.29) is 5.91 Å². The Labute approximate surface area is 127 Å². The zero-order valence-electron chi connectivity index (χ0n) is 11.5. The minimum atomic E-state index is -0.125. The van der Waals surface area contributed by atoms with Gasteiger partial charge in [-0.05, 0) is 30.7 Å². The van der Waals surface area contributed by atoms with Crippen LogP contribution in [0.1, 0.15) is 21.7 Å². The van der Waals surface area contributed by atoms with Crippen LogP contribution in [0.15, 0.2) is 24.3 Å². The molecule has 0 radical (unpaired) electrons. The molecular formula is C14H15Cl2N3O. The van der Waals surface area contributed by atoms with Gasteiger partial charge in [0.1, 0.15) is 0 Å². The highest BCUT2D eigenvalue weighted by molar-refractivity contribution is 6.42. The number of rotatable bonds is 3. The number of aromatic nitrogens is 2. The van der Waals surface area contributed by atoms with Gasteiger partial charge in [0.05, 0.1) is 10.0 Å². The van der Waals surface area contributed by atoms with E-state index >= 15 is 0 Å². The first kappa shape index (κ1) is 14.9. The molecule has 6 heteroatoms. The van der Waals surface area contributed by atoms with Gasteiger partial charge in [-0.25, -0.2) is 0 Å². The van der Waals surface area contributed by atoms with Crippen molar-refractivity contribution in [1.29, 1.82) is 0 Å². The van der Waals surface area contributed by atoms with Gasteiger partial charge in [-0.15, -0.1) is 0 Å². The van der Waals surface area contributed by atoms with Crippen LogP contribution >= 0.6 is 23.2 Å². The van der Waals surface area contributed by atoms with E-state index in [1.807, 2.05) is 20.0 Å². The van der Waals surface area contributed by atoms with Crippen LogP contribution < -0.4 is 0 Å². The van der Waals surface area contributed by atoms with Crippen molar-refractivity contribution in [2.45, 2.75) is 13.5 Å². The number of carbonyl (C=O) groups excluding carboxylic acids is 1. The predicted octanol–water partition coefficient (Wildman–Crippen LogP) is 3.31. The molecule has 2 aromatic rings. The molecule has 1 amide bonds. The summed E-state index contributed by atoms with van der Waals surface area (Å²) in [6, 6.07) is 7.11. The van der Waals surface area contributed by atoms with Crippen molar-refractivity contribution in [3.8, 4) is 0 Å². The number of hydrogen-bond donors (Lipinski definition) is 0. The molecule has 0 N–H and O–H groups in total. The maximum atomic E-state index is 12.3. The second kappa shape index (κ2) is 5.85. The van der Waals surface area contributed by atoms with Crippen LogP contribution in [0.4, 0.5) is 0 Å². The third kappa shape index (κ3) is 3.14. The van der Waals surface area contributed by atoms with Crippen LogP contribution in [0.3, 0.4) is 0 Å². The molecule has 0 atom stereocenters. The van der Waals surface area contributed by atoms with Crippen molar-refractivity contribution in [3.05, 3.63) is 51.3 Å². The fourth-order valence-electron chi connectivity index (χ4n) is 1.84. The maximum Gasteiger partial charge on any atom is 0.274 e. The fraction of sp³-hybridized carbons (Fsp3) is 0.286. The summed E-state index contributed by atoms with van der Waals surface area (Å²) in [5, 5.41) is 5.17. The van der Waals surface area contributed by atoms with E-state index in [1.54, 1.807) is 34.8 Å². The SMILES string of the molecule is Cc1cc(C(=O)N(C)Cc2ccc(Cl)c(Cl)c2)nn1C. The first-order chi connectivity index (χ1) is 9.38. The van der Waals surface area contributed by atoms with Gasteiger partial charge in [-0.2, -0.15) is 5.10 Å². The molecule has 0 bridgehead atoms. The Balaban J connectivity index is 2.13. The average Bonchev–Trinajstić information content (AvgIpc) is 2.73. The first-order valence-corrected chi connectivity index (χ1v) is 6.84. The molecule has 0 aliphatic carbocycles. The quantitative estimate of drug-likeness (QED) is 0.872. The lowest BCUT2D eigenvalue weighted by molar-refractivity contribution is 0.0778. The third-order valence-electron chi connectivity index (χ3n) is 3.08. The molecule has 0 fully saturated rings.